The molecular weight excluding hydrogens is 278 g/mol. The topological polar surface area (TPSA) is 50.7 Å². The minimum absolute atomic E-state index is 0.245. The first kappa shape index (κ1) is 17.1. The van der Waals surface area contributed by atoms with Gasteiger partial charge in [-0.15, -0.1) is 0 Å². The summed E-state index contributed by atoms with van der Waals surface area (Å²) >= 11 is 0. The van der Waals surface area contributed by atoms with E-state index in [1.165, 1.54) is 5.56 Å². The van der Waals surface area contributed by atoms with Crippen LogP contribution in [0.2, 0.25) is 0 Å². The average molecular weight is 307 g/mol. The van der Waals surface area contributed by atoms with Crippen molar-refractivity contribution in [3.05, 3.63) is 23.3 Å². The lowest BCUT2D eigenvalue weighted by Gasteiger charge is -2.16. The lowest BCUT2D eigenvalue weighted by Crippen LogP contribution is -2.23. The zero-order chi connectivity index (χ0) is 16.1. The largest absolute Gasteiger partial charge is 0.494 e. The molecule has 0 radical (unpaired) electrons. The molecule has 0 saturated carbocycles. The number of benzene rings is 1. The van der Waals surface area contributed by atoms with Crippen LogP contribution in [0.1, 0.15) is 45.2 Å². The number of aliphatic hydroxyl groups is 1. The number of ether oxygens (including phenoxy) is 2. The van der Waals surface area contributed by atoms with Gasteiger partial charge in [0.15, 0.2) is 0 Å². The number of hydrogen-bond donors (Lipinski definition) is 2. The van der Waals surface area contributed by atoms with Gasteiger partial charge in [0.25, 0.3) is 0 Å². The van der Waals surface area contributed by atoms with Crippen molar-refractivity contribution in [3.8, 4) is 11.5 Å². The third kappa shape index (κ3) is 4.62. The molecule has 1 aliphatic rings. The standard InChI is InChI=1S/C18H29NO3/c1-5-21-17-8-15-7-14(4)22-18(15)9-16(17)11-19-10-12(2)6-13(3)20/h8-9,12-14,19-20H,5-7,10-11H2,1-4H3. The molecule has 3 atom stereocenters. The quantitative estimate of drug-likeness (QED) is 0.775. The summed E-state index contributed by atoms with van der Waals surface area (Å²) in [5.41, 5.74) is 2.38. The summed E-state index contributed by atoms with van der Waals surface area (Å²) in [6.07, 6.45) is 1.77. The van der Waals surface area contributed by atoms with Crippen molar-refractivity contribution < 1.29 is 14.6 Å². The van der Waals surface area contributed by atoms with E-state index in [1.807, 2.05) is 13.8 Å². The maximum absolute atomic E-state index is 9.42. The van der Waals surface area contributed by atoms with E-state index in [2.05, 4.69) is 31.3 Å². The first-order chi connectivity index (χ1) is 10.5. The van der Waals surface area contributed by atoms with E-state index < -0.39 is 0 Å². The fourth-order valence-corrected chi connectivity index (χ4v) is 3.03. The van der Waals surface area contributed by atoms with E-state index in [4.69, 9.17) is 9.47 Å². The summed E-state index contributed by atoms with van der Waals surface area (Å²) in [4.78, 5) is 0. The van der Waals surface area contributed by atoms with Crippen molar-refractivity contribution >= 4 is 0 Å². The Labute approximate surface area is 133 Å². The van der Waals surface area contributed by atoms with Gasteiger partial charge in [0.05, 0.1) is 12.7 Å². The Bertz CT molecular complexity index is 487. The molecule has 22 heavy (non-hydrogen) atoms. The lowest BCUT2D eigenvalue weighted by atomic mass is 10.0. The van der Waals surface area contributed by atoms with Crippen LogP contribution in [-0.2, 0) is 13.0 Å². The highest BCUT2D eigenvalue weighted by atomic mass is 16.5. The van der Waals surface area contributed by atoms with E-state index in [9.17, 15) is 5.11 Å². The van der Waals surface area contributed by atoms with Crippen LogP contribution in [0.25, 0.3) is 0 Å². The molecule has 0 aliphatic carbocycles. The molecule has 0 aromatic heterocycles. The van der Waals surface area contributed by atoms with Crippen LogP contribution in [0, 0.1) is 5.92 Å². The highest BCUT2D eigenvalue weighted by molar-refractivity contribution is 5.48. The Balaban J connectivity index is 1.99. The molecule has 0 saturated heterocycles. The van der Waals surface area contributed by atoms with Crippen molar-refractivity contribution in [2.45, 2.75) is 59.3 Å². The molecule has 3 unspecified atom stereocenters. The summed E-state index contributed by atoms with van der Waals surface area (Å²) in [7, 11) is 0. The lowest BCUT2D eigenvalue weighted by molar-refractivity contribution is 0.163. The van der Waals surface area contributed by atoms with Crippen LogP contribution in [0.4, 0.5) is 0 Å². The SMILES string of the molecule is CCOc1cc2c(cc1CNCC(C)CC(C)O)OC(C)C2. The molecular formula is C18H29NO3. The molecule has 1 aliphatic heterocycles. The molecule has 0 spiro atoms. The van der Waals surface area contributed by atoms with Crippen LogP contribution in [0.3, 0.4) is 0 Å². The van der Waals surface area contributed by atoms with Gasteiger partial charge in [0.1, 0.15) is 17.6 Å². The van der Waals surface area contributed by atoms with E-state index >= 15 is 0 Å². The summed E-state index contributed by atoms with van der Waals surface area (Å²) in [6.45, 7) is 10.4. The van der Waals surface area contributed by atoms with Gasteiger partial charge in [-0.1, -0.05) is 6.92 Å². The summed E-state index contributed by atoms with van der Waals surface area (Å²) in [6, 6.07) is 4.23. The van der Waals surface area contributed by atoms with Crippen LogP contribution < -0.4 is 14.8 Å². The Morgan fingerprint density at radius 2 is 2.18 bits per heavy atom. The van der Waals surface area contributed by atoms with Gasteiger partial charge in [-0.2, -0.15) is 0 Å². The zero-order valence-electron chi connectivity index (χ0n) is 14.2. The molecule has 1 aromatic carbocycles. The fourth-order valence-electron chi connectivity index (χ4n) is 3.03. The second-order valence-corrected chi connectivity index (χ2v) is 6.45. The number of rotatable bonds is 8. The molecule has 0 bridgehead atoms. The second-order valence-electron chi connectivity index (χ2n) is 6.45. The highest BCUT2D eigenvalue weighted by Crippen LogP contribution is 2.35. The predicted molar refractivity (Wildman–Crippen MR) is 88.6 cm³/mol. The van der Waals surface area contributed by atoms with Crippen molar-refractivity contribution in [1.82, 2.24) is 5.32 Å². The van der Waals surface area contributed by atoms with E-state index in [-0.39, 0.29) is 12.2 Å². The van der Waals surface area contributed by atoms with Crippen molar-refractivity contribution in [2.75, 3.05) is 13.2 Å². The van der Waals surface area contributed by atoms with Gasteiger partial charge in [-0.25, -0.2) is 0 Å². The van der Waals surface area contributed by atoms with Gasteiger partial charge in [-0.05, 0) is 51.8 Å². The van der Waals surface area contributed by atoms with Gasteiger partial charge < -0.3 is 19.9 Å². The minimum atomic E-state index is -0.245. The minimum Gasteiger partial charge on any atom is -0.494 e. The van der Waals surface area contributed by atoms with Gasteiger partial charge >= 0.3 is 0 Å². The van der Waals surface area contributed by atoms with Gasteiger partial charge in [-0.3, -0.25) is 0 Å². The van der Waals surface area contributed by atoms with E-state index in [1.54, 1.807) is 0 Å². The van der Waals surface area contributed by atoms with Gasteiger partial charge in [0.2, 0.25) is 0 Å². The predicted octanol–water partition coefficient (Wildman–Crippen LogP) is 2.91. The first-order valence-electron chi connectivity index (χ1n) is 8.33. The molecule has 2 N–H and O–H groups in total. The van der Waals surface area contributed by atoms with E-state index in [0.717, 1.165) is 43.0 Å². The maximum atomic E-state index is 9.42. The summed E-state index contributed by atoms with van der Waals surface area (Å²) in [5, 5.41) is 12.9. The Hall–Kier alpha value is -1.26. The van der Waals surface area contributed by atoms with Crippen molar-refractivity contribution in [1.29, 1.82) is 0 Å². The molecule has 0 amide bonds. The van der Waals surface area contributed by atoms with E-state index in [0.29, 0.717) is 12.5 Å². The Morgan fingerprint density at radius 1 is 1.41 bits per heavy atom. The van der Waals surface area contributed by atoms with Crippen molar-refractivity contribution in [2.24, 2.45) is 5.92 Å². The van der Waals surface area contributed by atoms with Crippen molar-refractivity contribution in [3.63, 3.8) is 0 Å². The van der Waals surface area contributed by atoms with Crippen LogP contribution >= 0.6 is 0 Å². The highest BCUT2D eigenvalue weighted by Gasteiger charge is 2.21. The normalized spacial score (nSPS) is 19.4. The van der Waals surface area contributed by atoms with Crippen LogP contribution in [0.5, 0.6) is 11.5 Å². The molecule has 4 nitrogen and oxygen atoms in total. The van der Waals surface area contributed by atoms with Gasteiger partial charge in [0, 0.05) is 24.1 Å². The van der Waals surface area contributed by atoms with Crippen LogP contribution in [-0.4, -0.2) is 30.5 Å². The zero-order valence-corrected chi connectivity index (χ0v) is 14.2. The fraction of sp³-hybridized carbons (Fsp3) is 0.667. The molecule has 124 valence electrons. The number of fused-ring (bicyclic) bond motifs is 1. The monoisotopic (exact) mass is 307 g/mol. The maximum Gasteiger partial charge on any atom is 0.124 e. The Morgan fingerprint density at radius 3 is 2.86 bits per heavy atom. The summed E-state index contributed by atoms with van der Waals surface area (Å²) in [5.74, 6) is 2.39. The third-order valence-electron chi connectivity index (χ3n) is 3.93. The average Bonchev–Trinajstić information content (AvgIpc) is 2.77. The molecule has 4 heteroatoms. The molecule has 2 rings (SSSR count). The van der Waals surface area contributed by atoms with Crippen LogP contribution in [0.15, 0.2) is 12.1 Å². The molecule has 1 aromatic rings. The number of aliphatic hydroxyl groups excluding tert-OH is 1. The number of nitrogens with one attached hydrogen (secondary N) is 1. The molecule has 1 heterocycles. The first-order valence-corrected chi connectivity index (χ1v) is 8.33. The smallest absolute Gasteiger partial charge is 0.124 e. The second kappa shape index (κ2) is 7.84. The molecule has 0 fully saturated rings. The number of hydrogen-bond acceptors (Lipinski definition) is 4. The Kier molecular flexibility index (Phi) is 6.09. The third-order valence-corrected chi connectivity index (χ3v) is 3.93. The summed E-state index contributed by atoms with van der Waals surface area (Å²) < 4.78 is 11.6.